The summed E-state index contributed by atoms with van der Waals surface area (Å²) in [5.74, 6) is 0.701. The molecular formula is C55H33N3O. The molecule has 0 aliphatic rings. The Balaban J connectivity index is 1.00. The first-order chi connectivity index (χ1) is 29.2. The van der Waals surface area contributed by atoms with Crippen molar-refractivity contribution in [2.75, 3.05) is 0 Å². The average Bonchev–Trinajstić information content (AvgIpc) is 3.72. The van der Waals surface area contributed by atoms with E-state index in [1.165, 1.54) is 32.3 Å². The van der Waals surface area contributed by atoms with Crippen molar-refractivity contribution in [1.82, 2.24) is 15.0 Å². The number of hydrogen-bond donors (Lipinski definition) is 0. The van der Waals surface area contributed by atoms with Crippen LogP contribution < -0.4 is 0 Å². The molecule has 3 heterocycles. The summed E-state index contributed by atoms with van der Waals surface area (Å²) in [4.78, 5) is 15.5. The second-order valence-electron chi connectivity index (χ2n) is 15.1. The van der Waals surface area contributed by atoms with Crippen molar-refractivity contribution in [3.63, 3.8) is 0 Å². The van der Waals surface area contributed by atoms with Gasteiger partial charge in [-0.15, -0.1) is 0 Å². The summed E-state index contributed by atoms with van der Waals surface area (Å²) in [6.45, 7) is 0. The molecule has 0 atom stereocenters. The summed E-state index contributed by atoms with van der Waals surface area (Å²) in [5, 5.41) is 10.5. The van der Waals surface area contributed by atoms with Crippen molar-refractivity contribution in [1.29, 1.82) is 0 Å². The number of pyridine rings is 1. The van der Waals surface area contributed by atoms with Gasteiger partial charge in [0.05, 0.1) is 28.0 Å². The third-order valence-corrected chi connectivity index (χ3v) is 11.7. The molecule has 12 aromatic rings. The average molecular weight is 752 g/mol. The SMILES string of the molecule is c1ccc(-c2cc(-c3ccc(-c4ccc5c(c4)nc(-c4ccc6c7ccccc7c7ccccc7c6c4)c4c6ccccc6oc54)cc3)nc(-c3ccccc3)n2)cc1. The number of furan rings is 1. The second-order valence-corrected chi connectivity index (χ2v) is 15.1. The van der Waals surface area contributed by atoms with Crippen LogP contribution in [0.1, 0.15) is 0 Å². The fourth-order valence-corrected chi connectivity index (χ4v) is 8.81. The lowest BCUT2D eigenvalue weighted by Crippen LogP contribution is -1.95. The lowest BCUT2D eigenvalue weighted by molar-refractivity contribution is 0.672. The van der Waals surface area contributed by atoms with Crippen molar-refractivity contribution < 1.29 is 4.42 Å². The van der Waals surface area contributed by atoms with E-state index in [1.54, 1.807) is 0 Å². The molecule has 4 heteroatoms. The minimum Gasteiger partial charge on any atom is -0.455 e. The van der Waals surface area contributed by atoms with E-state index < -0.39 is 0 Å². The van der Waals surface area contributed by atoms with Gasteiger partial charge in [-0.25, -0.2) is 15.0 Å². The second kappa shape index (κ2) is 13.3. The zero-order valence-corrected chi connectivity index (χ0v) is 31.8. The van der Waals surface area contributed by atoms with Gasteiger partial charge in [-0.2, -0.15) is 0 Å². The molecule has 0 radical (unpaired) electrons. The van der Waals surface area contributed by atoms with Gasteiger partial charge in [0.15, 0.2) is 5.82 Å². The highest BCUT2D eigenvalue weighted by Gasteiger charge is 2.20. The number of fused-ring (bicyclic) bond motifs is 11. The first kappa shape index (κ1) is 33.2. The van der Waals surface area contributed by atoms with Crippen LogP contribution in [0, 0.1) is 0 Å². The number of nitrogens with zero attached hydrogens (tertiary/aromatic N) is 3. The van der Waals surface area contributed by atoms with Crippen molar-refractivity contribution in [3.8, 4) is 56.3 Å². The Labute approximate surface area is 339 Å². The molecule has 3 aromatic heterocycles. The molecular weight excluding hydrogens is 719 g/mol. The lowest BCUT2D eigenvalue weighted by atomic mass is 9.92. The van der Waals surface area contributed by atoms with Crippen LogP contribution in [0.5, 0.6) is 0 Å². The van der Waals surface area contributed by atoms with Crippen LogP contribution >= 0.6 is 0 Å². The summed E-state index contributed by atoms with van der Waals surface area (Å²) in [7, 11) is 0. The maximum Gasteiger partial charge on any atom is 0.160 e. The van der Waals surface area contributed by atoms with Crippen LogP contribution in [0.3, 0.4) is 0 Å². The molecule has 0 fully saturated rings. The molecule has 0 aliphatic heterocycles. The van der Waals surface area contributed by atoms with Gasteiger partial charge in [-0.1, -0.05) is 170 Å². The normalized spacial score (nSPS) is 11.7. The highest BCUT2D eigenvalue weighted by atomic mass is 16.3. The molecule has 274 valence electrons. The summed E-state index contributed by atoms with van der Waals surface area (Å²) in [5.41, 5.74) is 11.5. The summed E-state index contributed by atoms with van der Waals surface area (Å²) in [6.07, 6.45) is 0. The molecule has 0 saturated heterocycles. The monoisotopic (exact) mass is 751 g/mol. The highest BCUT2D eigenvalue weighted by Crippen LogP contribution is 2.43. The standard InChI is InChI=1S/C55H33N3O/c1-3-13-35(14-4-1)48-33-49(58-55(57-48)37-15-5-2-6-16-37)36-25-23-34(24-26-36)38-27-30-45-50(32-38)56-53(52-46-21-11-12-22-51(46)59-54(45)52)39-28-29-44-42-19-8-7-17-40(42)41-18-9-10-20-43(41)47(44)31-39/h1-33H. The predicted octanol–water partition coefficient (Wildman–Crippen LogP) is 14.7. The first-order valence-corrected chi connectivity index (χ1v) is 19.9. The maximum absolute atomic E-state index is 6.68. The fraction of sp³-hybridized carbons (Fsp3) is 0. The molecule has 0 N–H and O–H groups in total. The van der Waals surface area contributed by atoms with Gasteiger partial charge in [0.25, 0.3) is 0 Å². The van der Waals surface area contributed by atoms with E-state index in [4.69, 9.17) is 19.4 Å². The Bertz CT molecular complexity index is 3500. The molecule has 0 unspecified atom stereocenters. The van der Waals surface area contributed by atoms with Crippen LogP contribution in [-0.2, 0) is 0 Å². The van der Waals surface area contributed by atoms with E-state index >= 15 is 0 Å². The molecule has 0 aliphatic carbocycles. The van der Waals surface area contributed by atoms with E-state index in [0.29, 0.717) is 5.82 Å². The van der Waals surface area contributed by atoms with E-state index in [0.717, 1.165) is 83.3 Å². The van der Waals surface area contributed by atoms with Crippen molar-refractivity contribution in [3.05, 3.63) is 200 Å². The summed E-state index contributed by atoms with van der Waals surface area (Å²) >= 11 is 0. The van der Waals surface area contributed by atoms with Crippen LogP contribution in [0.4, 0.5) is 0 Å². The van der Waals surface area contributed by atoms with E-state index in [2.05, 4.69) is 152 Å². The smallest absolute Gasteiger partial charge is 0.160 e. The molecule has 4 nitrogen and oxygen atoms in total. The Kier molecular flexibility index (Phi) is 7.50. The largest absolute Gasteiger partial charge is 0.455 e. The lowest BCUT2D eigenvalue weighted by Gasteiger charge is -2.13. The van der Waals surface area contributed by atoms with E-state index in [-0.39, 0.29) is 0 Å². The number of rotatable bonds is 5. The first-order valence-electron chi connectivity index (χ1n) is 19.9. The molecule has 12 rings (SSSR count). The minimum absolute atomic E-state index is 0.701. The fourth-order valence-electron chi connectivity index (χ4n) is 8.81. The number of benzene rings is 9. The summed E-state index contributed by atoms with van der Waals surface area (Å²) < 4.78 is 6.68. The quantitative estimate of drug-likeness (QED) is 0.164. The Morgan fingerprint density at radius 1 is 0.305 bits per heavy atom. The predicted molar refractivity (Wildman–Crippen MR) is 244 cm³/mol. The molecule has 9 aromatic carbocycles. The molecule has 0 bridgehead atoms. The molecule has 0 spiro atoms. The van der Waals surface area contributed by atoms with Crippen molar-refractivity contribution in [2.24, 2.45) is 0 Å². The van der Waals surface area contributed by atoms with Gasteiger partial charge < -0.3 is 4.42 Å². The van der Waals surface area contributed by atoms with E-state index in [1.807, 2.05) is 48.5 Å². The Hall–Kier alpha value is -7.95. The zero-order valence-electron chi connectivity index (χ0n) is 31.8. The van der Waals surface area contributed by atoms with E-state index in [9.17, 15) is 0 Å². The highest BCUT2D eigenvalue weighted by molar-refractivity contribution is 6.26. The van der Waals surface area contributed by atoms with Crippen LogP contribution in [0.25, 0.3) is 121 Å². The third-order valence-electron chi connectivity index (χ3n) is 11.7. The van der Waals surface area contributed by atoms with Crippen LogP contribution in [0.15, 0.2) is 205 Å². The number of para-hydroxylation sites is 1. The summed E-state index contributed by atoms with van der Waals surface area (Å²) in [6, 6.07) is 70.2. The van der Waals surface area contributed by atoms with Crippen molar-refractivity contribution in [2.45, 2.75) is 0 Å². The maximum atomic E-state index is 6.68. The van der Waals surface area contributed by atoms with Gasteiger partial charge in [0.1, 0.15) is 11.2 Å². The van der Waals surface area contributed by atoms with Crippen LogP contribution in [0.2, 0.25) is 0 Å². The Morgan fingerprint density at radius 2 is 0.797 bits per heavy atom. The zero-order chi connectivity index (χ0) is 38.9. The Morgan fingerprint density at radius 3 is 1.47 bits per heavy atom. The van der Waals surface area contributed by atoms with Gasteiger partial charge in [0.2, 0.25) is 0 Å². The number of hydrogen-bond acceptors (Lipinski definition) is 4. The van der Waals surface area contributed by atoms with Crippen LogP contribution in [-0.4, -0.2) is 15.0 Å². The number of aromatic nitrogens is 3. The molecule has 59 heavy (non-hydrogen) atoms. The van der Waals surface area contributed by atoms with Gasteiger partial charge in [0, 0.05) is 33.0 Å². The van der Waals surface area contributed by atoms with Gasteiger partial charge in [-0.05, 0) is 73.8 Å². The third kappa shape index (κ3) is 5.49. The molecule has 0 saturated carbocycles. The minimum atomic E-state index is 0.701. The van der Waals surface area contributed by atoms with Crippen molar-refractivity contribution >= 4 is 65.2 Å². The van der Waals surface area contributed by atoms with Gasteiger partial charge >= 0.3 is 0 Å². The molecule has 0 amide bonds. The topological polar surface area (TPSA) is 51.8 Å². The van der Waals surface area contributed by atoms with Gasteiger partial charge in [-0.3, -0.25) is 0 Å².